The van der Waals surface area contributed by atoms with E-state index >= 15 is 0 Å². The van der Waals surface area contributed by atoms with Crippen LogP contribution in [0.1, 0.15) is 44.0 Å². The maximum Gasteiger partial charge on any atom is 0.238 e. The summed E-state index contributed by atoms with van der Waals surface area (Å²) in [7, 11) is 0. The Balaban J connectivity index is 1.78. The molecular formula is C22H26N2O3S. The molecule has 1 atom stereocenters. The first-order valence-electron chi connectivity index (χ1n) is 9.68. The van der Waals surface area contributed by atoms with E-state index in [0.717, 1.165) is 35.5 Å². The van der Waals surface area contributed by atoms with E-state index in [1.54, 1.807) is 11.8 Å². The summed E-state index contributed by atoms with van der Waals surface area (Å²) >= 11 is 1.59. The number of carbonyl (C=O) groups excluding carboxylic acids is 2. The minimum Gasteiger partial charge on any atom is -0.494 e. The van der Waals surface area contributed by atoms with Gasteiger partial charge >= 0.3 is 0 Å². The van der Waals surface area contributed by atoms with Crippen LogP contribution in [0.15, 0.2) is 48.5 Å². The lowest BCUT2D eigenvalue weighted by Crippen LogP contribution is -2.27. The molecule has 1 aliphatic heterocycles. The van der Waals surface area contributed by atoms with Crippen LogP contribution in [-0.2, 0) is 9.59 Å². The van der Waals surface area contributed by atoms with Crippen LogP contribution in [0.3, 0.4) is 0 Å². The van der Waals surface area contributed by atoms with Crippen molar-refractivity contribution in [1.29, 1.82) is 0 Å². The molecule has 148 valence electrons. The van der Waals surface area contributed by atoms with Gasteiger partial charge in [-0.25, -0.2) is 0 Å². The standard InChI is InChI=1S/C22H26N2O3S/c1-3-5-9-20(25)23-17-8-6-7-16(14-17)22-24(21(26)15-28-22)18-10-12-19(13-11-18)27-4-2/h6-8,10-14,22H,3-5,9,15H2,1-2H3,(H,23,25)/t22-/m1/s1. The van der Waals surface area contributed by atoms with Gasteiger partial charge in [-0.3, -0.25) is 14.5 Å². The van der Waals surface area contributed by atoms with Gasteiger partial charge in [-0.2, -0.15) is 0 Å². The Morgan fingerprint density at radius 2 is 2.00 bits per heavy atom. The minimum atomic E-state index is -0.113. The van der Waals surface area contributed by atoms with Crippen LogP contribution < -0.4 is 15.0 Å². The summed E-state index contributed by atoms with van der Waals surface area (Å²) in [4.78, 5) is 26.4. The van der Waals surface area contributed by atoms with Crippen LogP contribution in [0, 0.1) is 0 Å². The van der Waals surface area contributed by atoms with Crippen LogP contribution >= 0.6 is 11.8 Å². The molecule has 0 aliphatic carbocycles. The normalized spacial score (nSPS) is 16.3. The van der Waals surface area contributed by atoms with E-state index in [0.29, 0.717) is 18.8 Å². The molecule has 28 heavy (non-hydrogen) atoms. The second-order valence-corrected chi connectivity index (χ2v) is 7.70. The second-order valence-electron chi connectivity index (χ2n) is 6.63. The van der Waals surface area contributed by atoms with Crippen LogP contribution in [0.2, 0.25) is 0 Å². The molecule has 2 amide bonds. The molecule has 3 rings (SSSR count). The summed E-state index contributed by atoms with van der Waals surface area (Å²) in [6.07, 6.45) is 2.39. The summed E-state index contributed by atoms with van der Waals surface area (Å²) in [5.74, 6) is 1.33. The van der Waals surface area contributed by atoms with E-state index < -0.39 is 0 Å². The number of benzene rings is 2. The van der Waals surface area contributed by atoms with Gasteiger partial charge in [0.25, 0.3) is 0 Å². The number of ether oxygens (including phenoxy) is 1. The largest absolute Gasteiger partial charge is 0.494 e. The molecule has 1 heterocycles. The number of nitrogens with zero attached hydrogens (tertiary/aromatic N) is 1. The molecule has 0 radical (unpaired) electrons. The van der Waals surface area contributed by atoms with Gasteiger partial charge in [0.1, 0.15) is 11.1 Å². The van der Waals surface area contributed by atoms with E-state index in [9.17, 15) is 9.59 Å². The Morgan fingerprint density at radius 1 is 1.21 bits per heavy atom. The maximum absolute atomic E-state index is 12.6. The first-order valence-corrected chi connectivity index (χ1v) is 10.7. The maximum atomic E-state index is 12.6. The Kier molecular flexibility index (Phi) is 6.98. The third-order valence-corrected chi connectivity index (χ3v) is 5.72. The predicted molar refractivity (Wildman–Crippen MR) is 115 cm³/mol. The fraction of sp³-hybridized carbons (Fsp3) is 0.364. The number of hydrogen-bond acceptors (Lipinski definition) is 4. The van der Waals surface area contributed by atoms with Gasteiger partial charge in [-0.15, -0.1) is 11.8 Å². The summed E-state index contributed by atoms with van der Waals surface area (Å²) < 4.78 is 5.49. The number of anilines is 2. The van der Waals surface area contributed by atoms with Crippen LogP contribution in [0.4, 0.5) is 11.4 Å². The lowest BCUT2D eigenvalue weighted by atomic mass is 10.1. The van der Waals surface area contributed by atoms with Gasteiger partial charge in [-0.1, -0.05) is 25.5 Å². The van der Waals surface area contributed by atoms with Crippen molar-refractivity contribution >= 4 is 35.0 Å². The first kappa shape index (κ1) is 20.3. The fourth-order valence-corrected chi connectivity index (χ4v) is 4.32. The van der Waals surface area contributed by atoms with Gasteiger partial charge < -0.3 is 10.1 Å². The molecule has 0 spiro atoms. The molecule has 0 bridgehead atoms. The van der Waals surface area contributed by atoms with E-state index in [2.05, 4.69) is 12.2 Å². The highest BCUT2D eigenvalue weighted by atomic mass is 32.2. The molecule has 1 aliphatic rings. The lowest BCUT2D eigenvalue weighted by molar-refractivity contribution is -0.116. The van der Waals surface area contributed by atoms with Crippen molar-refractivity contribution in [2.45, 2.75) is 38.5 Å². The SMILES string of the molecule is CCCCC(=O)Nc1cccc([C@H]2SCC(=O)N2c2ccc(OCC)cc2)c1. The van der Waals surface area contributed by atoms with Crippen LogP contribution in [0.25, 0.3) is 0 Å². The Bertz CT molecular complexity index is 823. The molecular weight excluding hydrogens is 372 g/mol. The molecule has 1 fully saturated rings. The Labute approximate surface area is 170 Å². The van der Waals surface area contributed by atoms with Crippen molar-refractivity contribution in [3.05, 3.63) is 54.1 Å². The van der Waals surface area contributed by atoms with Crippen molar-refractivity contribution in [1.82, 2.24) is 0 Å². The summed E-state index contributed by atoms with van der Waals surface area (Å²) in [6.45, 7) is 4.62. The molecule has 1 N–H and O–H groups in total. The van der Waals surface area contributed by atoms with E-state index in [1.165, 1.54) is 0 Å². The number of nitrogens with one attached hydrogen (secondary N) is 1. The third kappa shape index (κ3) is 4.87. The first-order chi connectivity index (χ1) is 13.6. The average molecular weight is 399 g/mol. The van der Waals surface area contributed by atoms with Gasteiger partial charge in [0.05, 0.1) is 12.4 Å². The number of hydrogen-bond donors (Lipinski definition) is 1. The number of rotatable bonds is 8. The number of amides is 2. The smallest absolute Gasteiger partial charge is 0.238 e. The summed E-state index contributed by atoms with van der Waals surface area (Å²) in [6, 6.07) is 15.4. The summed E-state index contributed by atoms with van der Waals surface area (Å²) in [5, 5.41) is 2.85. The monoisotopic (exact) mass is 398 g/mol. The zero-order valence-electron chi connectivity index (χ0n) is 16.3. The highest BCUT2D eigenvalue weighted by molar-refractivity contribution is 8.00. The Morgan fingerprint density at radius 3 is 2.71 bits per heavy atom. The van der Waals surface area contributed by atoms with Crippen molar-refractivity contribution in [3.63, 3.8) is 0 Å². The van der Waals surface area contributed by atoms with Crippen LogP contribution in [-0.4, -0.2) is 24.2 Å². The van der Waals surface area contributed by atoms with E-state index in [-0.39, 0.29) is 17.2 Å². The number of thioether (sulfide) groups is 1. The summed E-state index contributed by atoms with van der Waals surface area (Å²) in [5.41, 5.74) is 2.61. The molecule has 2 aromatic carbocycles. The van der Waals surface area contributed by atoms with E-state index in [4.69, 9.17) is 4.74 Å². The molecule has 1 saturated heterocycles. The molecule has 0 unspecified atom stereocenters. The zero-order valence-corrected chi connectivity index (χ0v) is 17.1. The minimum absolute atomic E-state index is 0.0255. The number of carbonyl (C=O) groups is 2. The van der Waals surface area contributed by atoms with E-state index in [1.807, 2.05) is 60.4 Å². The molecule has 5 nitrogen and oxygen atoms in total. The van der Waals surface area contributed by atoms with Gasteiger partial charge in [-0.05, 0) is 55.3 Å². The van der Waals surface area contributed by atoms with Crippen molar-refractivity contribution in [3.8, 4) is 5.75 Å². The molecule has 0 aromatic heterocycles. The van der Waals surface area contributed by atoms with Gasteiger partial charge in [0, 0.05) is 17.8 Å². The van der Waals surface area contributed by atoms with Crippen molar-refractivity contribution < 1.29 is 14.3 Å². The highest BCUT2D eigenvalue weighted by Crippen LogP contribution is 2.42. The van der Waals surface area contributed by atoms with Crippen molar-refractivity contribution in [2.75, 3.05) is 22.6 Å². The third-order valence-electron chi connectivity index (χ3n) is 4.51. The quantitative estimate of drug-likeness (QED) is 0.680. The van der Waals surface area contributed by atoms with Gasteiger partial charge in [0.2, 0.25) is 11.8 Å². The molecule has 0 saturated carbocycles. The Hall–Kier alpha value is -2.47. The lowest BCUT2D eigenvalue weighted by Gasteiger charge is -2.25. The predicted octanol–water partition coefficient (Wildman–Crippen LogP) is 4.99. The molecule has 2 aromatic rings. The average Bonchev–Trinajstić information content (AvgIpc) is 3.09. The van der Waals surface area contributed by atoms with Crippen LogP contribution in [0.5, 0.6) is 5.75 Å². The second kappa shape index (κ2) is 9.64. The topological polar surface area (TPSA) is 58.6 Å². The zero-order chi connectivity index (χ0) is 19.9. The molecule has 6 heteroatoms. The number of unbranched alkanes of at least 4 members (excludes halogenated alkanes) is 1. The van der Waals surface area contributed by atoms with Crippen molar-refractivity contribution in [2.24, 2.45) is 0 Å². The fourth-order valence-electron chi connectivity index (χ4n) is 3.15. The van der Waals surface area contributed by atoms with Gasteiger partial charge in [0.15, 0.2) is 0 Å². The highest BCUT2D eigenvalue weighted by Gasteiger charge is 2.34.